The van der Waals surface area contributed by atoms with Gasteiger partial charge >= 0.3 is 0 Å². The number of hydrogen-bond donors (Lipinski definition) is 2. The van der Waals surface area contributed by atoms with E-state index in [1.165, 1.54) is 12.0 Å². The maximum absolute atomic E-state index is 12.7. The maximum Gasteiger partial charge on any atom is 0.254 e. The van der Waals surface area contributed by atoms with Crippen LogP contribution in [0.15, 0.2) is 30.5 Å². The molecule has 1 aliphatic heterocycles. The van der Waals surface area contributed by atoms with Crippen LogP contribution in [0.25, 0.3) is 5.69 Å². The molecule has 134 valence electrons. The minimum absolute atomic E-state index is 0.0204. The van der Waals surface area contributed by atoms with Crippen LogP contribution < -0.4 is 10.6 Å². The van der Waals surface area contributed by atoms with Crippen LogP contribution in [0.2, 0.25) is 0 Å². The van der Waals surface area contributed by atoms with Gasteiger partial charge in [-0.3, -0.25) is 4.79 Å². The third-order valence-electron chi connectivity index (χ3n) is 4.88. The summed E-state index contributed by atoms with van der Waals surface area (Å²) in [6.07, 6.45) is 3.93. The lowest BCUT2D eigenvalue weighted by Crippen LogP contribution is -2.27. The molecule has 2 heterocycles. The highest BCUT2D eigenvalue weighted by Gasteiger charge is 2.21. The zero-order valence-electron chi connectivity index (χ0n) is 15.4. The number of hydrogen-bond acceptors (Lipinski definition) is 3. The number of benzene rings is 1. The molecule has 3 rings (SSSR count). The first-order valence-corrected chi connectivity index (χ1v) is 9.20. The Bertz CT molecular complexity index is 712. The molecule has 1 unspecified atom stereocenters. The molecule has 1 fully saturated rings. The Labute approximate surface area is 149 Å². The van der Waals surface area contributed by atoms with Gasteiger partial charge in [-0.05, 0) is 56.8 Å². The summed E-state index contributed by atoms with van der Waals surface area (Å²) < 4.78 is 1.89. The summed E-state index contributed by atoms with van der Waals surface area (Å²) in [5.41, 5.74) is 3.84. The lowest BCUT2D eigenvalue weighted by atomic mass is 10.0. The molecule has 5 heteroatoms. The van der Waals surface area contributed by atoms with Gasteiger partial charge in [0.1, 0.15) is 0 Å². The summed E-state index contributed by atoms with van der Waals surface area (Å²) in [4.78, 5) is 12.7. The Morgan fingerprint density at radius 1 is 1.36 bits per heavy atom. The summed E-state index contributed by atoms with van der Waals surface area (Å²) in [6.45, 7) is 9.15. The van der Waals surface area contributed by atoms with Crippen molar-refractivity contribution in [3.63, 3.8) is 0 Å². The zero-order valence-corrected chi connectivity index (χ0v) is 15.4. The monoisotopic (exact) mass is 340 g/mol. The van der Waals surface area contributed by atoms with Gasteiger partial charge in [-0.1, -0.05) is 31.5 Å². The highest BCUT2D eigenvalue weighted by Crippen LogP contribution is 2.23. The van der Waals surface area contributed by atoms with Crippen molar-refractivity contribution in [1.82, 2.24) is 20.4 Å². The highest BCUT2D eigenvalue weighted by molar-refractivity contribution is 5.95. The molecular formula is C20H28N4O. The number of nitrogens with zero attached hydrogens (tertiary/aromatic N) is 2. The number of carbonyl (C=O) groups is 1. The molecule has 1 atom stereocenters. The van der Waals surface area contributed by atoms with Gasteiger partial charge in [-0.25, -0.2) is 4.68 Å². The van der Waals surface area contributed by atoms with E-state index in [0.29, 0.717) is 11.5 Å². The second kappa shape index (κ2) is 7.83. The molecule has 2 aromatic rings. The van der Waals surface area contributed by atoms with Gasteiger partial charge in [0.05, 0.1) is 23.1 Å². The van der Waals surface area contributed by atoms with E-state index in [1.54, 1.807) is 6.20 Å². The predicted molar refractivity (Wildman–Crippen MR) is 100 cm³/mol. The maximum atomic E-state index is 12.7. The van der Waals surface area contributed by atoms with E-state index in [9.17, 15) is 4.79 Å². The molecular weight excluding hydrogens is 312 g/mol. The number of aromatic nitrogens is 2. The molecule has 1 aromatic carbocycles. The minimum atomic E-state index is -0.0204. The first-order valence-electron chi connectivity index (χ1n) is 9.20. The van der Waals surface area contributed by atoms with Crippen LogP contribution in [0.5, 0.6) is 0 Å². The lowest BCUT2D eigenvalue weighted by molar-refractivity contribution is 0.0950. The second-order valence-electron chi connectivity index (χ2n) is 7.25. The molecule has 5 nitrogen and oxygen atoms in total. The molecule has 0 radical (unpaired) electrons. The van der Waals surface area contributed by atoms with E-state index in [4.69, 9.17) is 0 Å². The molecule has 0 bridgehead atoms. The van der Waals surface area contributed by atoms with Crippen molar-refractivity contribution in [1.29, 1.82) is 0 Å². The van der Waals surface area contributed by atoms with Gasteiger partial charge < -0.3 is 10.6 Å². The van der Waals surface area contributed by atoms with Crippen LogP contribution >= 0.6 is 0 Å². The second-order valence-corrected chi connectivity index (χ2v) is 7.25. The van der Waals surface area contributed by atoms with Crippen molar-refractivity contribution in [2.75, 3.05) is 19.6 Å². The largest absolute Gasteiger partial charge is 0.352 e. The standard InChI is InChI=1S/C20H28N4O/c1-14(2)19-18(20(25)22-11-9-16-8-10-21-12-16)13-23-24(19)17-6-4-15(3)5-7-17/h4-7,13-14,16,21H,8-12H2,1-3H3,(H,22,25). The average Bonchev–Trinajstić information content (AvgIpc) is 3.24. The number of carbonyl (C=O) groups excluding carboxylic acids is 1. The van der Waals surface area contributed by atoms with Crippen LogP contribution in [0, 0.1) is 12.8 Å². The summed E-state index contributed by atoms with van der Waals surface area (Å²) in [5.74, 6) is 0.872. The van der Waals surface area contributed by atoms with Gasteiger partial charge in [-0.15, -0.1) is 0 Å². The Morgan fingerprint density at radius 3 is 2.76 bits per heavy atom. The van der Waals surface area contributed by atoms with Crippen molar-refractivity contribution in [2.45, 2.75) is 39.5 Å². The van der Waals surface area contributed by atoms with Crippen LogP contribution in [-0.2, 0) is 0 Å². The van der Waals surface area contributed by atoms with E-state index < -0.39 is 0 Å². The fraction of sp³-hybridized carbons (Fsp3) is 0.500. The molecule has 1 saturated heterocycles. The normalized spacial score (nSPS) is 17.2. The third-order valence-corrected chi connectivity index (χ3v) is 4.88. The van der Waals surface area contributed by atoms with Crippen LogP contribution in [0.3, 0.4) is 0 Å². The third kappa shape index (κ3) is 4.10. The number of amides is 1. The van der Waals surface area contributed by atoms with Crippen LogP contribution in [-0.4, -0.2) is 35.3 Å². The zero-order chi connectivity index (χ0) is 17.8. The van der Waals surface area contributed by atoms with E-state index in [0.717, 1.165) is 37.4 Å². The molecule has 2 N–H and O–H groups in total. The van der Waals surface area contributed by atoms with Crippen molar-refractivity contribution >= 4 is 5.91 Å². The van der Waals surface area contributed by atoms with E-state index in [1.807, 2.05) is 16.8 Å². The summed E-state index contributed by atoms with van der Waals surface area (Å²) in [6, 6.07) is 8.22. The Morgan fingerprint density at radius 2 is 2.12 bits per heavy atom. The topological polar surface area (TPSA) is 59.0 Å². The molecule has 0 spiro atoms. The Kier molecular flexibility index (Phi) is 5.53. The Balaban J connectivity index is 1.74. The van der Waals surface area contributed by atoms with E-state index in [-0.39, 0.29) is 11.8 Å². The first kappa shape index (κ1) is 17.7. The van der Waals surface area contributed by atoms with Crippen molar-refractivity contribution in [3.8, 4) is 5.69 Å². The predicted octanol–water partition coefficient (Wildman–Crippen LogP) is 3.03. The van der Waals surface area contributed by atoms with Crippen molar-refractivity contribution in [2.24, 2.45) is 5.92 Å². The lowest BCUT2D eigenvalue weighted by Gasteiger charge is -2.14. The quantitative estimate of drug-likeness (QED) is 0.850. The van der Waals surface area contributed by atoms with Gasteiger partial charge in [0.15, 0.2) is 0 Å². The molecule has 1 amide bonds. The fourth-order valence-corrected chi connectivity index (χ4v) is 3.43. The molecule has 1 aromatic heterocycles. The summed E-state index contributed by atoms with van der Waals surface area (Å²) >= 11 is 0. The van der Waals surface area contributed by atoms with E-state index in [2.05, 4.69) is 48.6 Å². The SMILES string of the molecule is Cc1ccc(-n2ncc(C(=O)NCCC3CCNC3)c2C(C)C)cc1. The van der Waals surface area contributed by atoms with Crippen molar-refractivity contribution < 1.29 is 4.79 Å². The number of aryl methyl sites for hydroxylation is 1. The first-order chi connectivity index (χ1) is 12.1. The minimum Gasteiger partial charge on any atom is -0.352 e. The molecule has 1 aliphatic rings. The fourth-order valence-electron chi connectivity index (χ4n) is 3.43. The van der Waals surface area contributed by atoms with Crippen LogP contribution in [0.1, 0.15) is 54.2 Å². The van der Waals surface area contributed by atoms with Crippen LogP contribution in [0.4, 0.5) is 0 Å². The summed E-state index contributed by atoms with van der Waals surface area (Å²) in [5, 5.41) is 10.9. The van der Waals surface area contributed by atoms with E-state index >= 15 is 0 Å². The number of nitrogens with one attached hydrogen (secondary N) is 2. The highest BCUT2D eigenvalue weighted by atomic mass is 16.1. The Hall–Kier alpha value is -2.14. The summed E-state index contributed by atoms with van der Waals surface area (Å²) in [7, 11) is 0. The average molecular weight is 340 g/mol. The van der Waals surface area contributed by atoms with Gasteiger partial charge in [-0.2, -0.15) is 5.10 Å². The van der Waals surface area contributed by atoms with Gasteiger partial charge in [0.2, 0.25) is 0 Å². The molecule has 0 aliphatic carbocycles. The smallest absolute Gasteiger partial charge is 0.254 e. The van der Waals surface area contributed by atoms with Gasteiger partial charge in [0.25, 0.3) is 5.91 Å². The molecule has 0 saturated carbocycles. The van der Waals surface area contributed by atoms with Crippen molar-refractivity contribution in [3.05, 3.63) is 47.3 Å². The number of rotatable bonds is 6. The van der Waals surface area contributed by atoms with Gasteiger partial charge in [0, 0.05) is 6.54 Å². The molecule has 25 heavy (non-hydrogen) atoms.